The number of carbonyl (C=O) groups excluding carboxylic acids is 1. The number of amides is 1. The van der Waals surface area contributed by atoms with Gasteiger partial charge in [-0.05, 0) is 31.4 Å². The first-order chi connectivity index (χ1) is 16.1. The summed E-state index contributed by atoms with van der Waals surface area (Å²) < 4.78 is 5.51. The molecule has 0 atom stereocenters. The number of hydrogen-bond donors (Lipinski definition) is 1. The van der Waals surface area contributed by atoms with Gasteiger partial charge in [-0.25, -0.2) is 0 Å². The number of nitrogens with one attached hydrogen (secondary N) is 1. The predicted molar refractivity (Wildman–Crippen MR) is 130 cm³/mol. The van der Waals surface area contributed by atoms with Gasteiger partial charge in [-0.3, -0.25) is 9.69 Å². The first kappa shape index (κ1) is 24.5. The van der Waals surface area contributed by atoms with E-state index in [4.69, 9.17) is 4.74 Å². The van der Waals surface area contributed by atoms with E-state index in [1.807, 2.05) is 26.0 Å². The van der Waals surface area contributed by atoms with Crippen LogP contribution in [-0.4, -0.2) is 61.1 Å². The molecule has 1 aliphatic heterocycles. The summed E-state index contributed by atoms with van der Waals surface area (Å²) in [7, 11) is 0. The van der Waals surface area contributed by atoms with Crippen molar-refractivity contribution >= 4 is 5.91 Å². The van der Waals surface area contributed by atoms with Crippen LogP contribution in [0.4, 0.5) is 0 Å². The van der Waals surface area contributed by atoms with Gasteiger partial charge in [-0.2, -0.15) is 5.26 Å². The molecule has 1 heterocycles. The molecule has 0 aromatic heterocycles. The van der Waals surface area contributed by atoms with Gasteiger partial charge >= 0.3 is 0 Å². The van der Waals surface area contributed by atoms with Crippen LogP contribution in [0.1, 0.15) is 37.4 Å². The molecule has 1 fully saturated rings. The monoisotopic (exact) mass is 446 g/mol. The molecule has 0 bridgehead atoms. The second kappa shape index (κ2) is 12.8. The van der Waals surface area contributed by atoms with Crippen LogP contribution in [0.2, 0.25) is 0 Å². The van der Waals surface area contributed by atoms with Crippen LogP contribution in [0, 0.1) is 11.3 Å². The molecule has 3 rings (SSSR count). The molecule has 174 valence electrons. The highest BCUT2D eigenvalue weighted by atomic mass is 16.5. The number of rotatable bonds is 10. The van der Waals surface area contributed by atoms with E-state index in [1.54, 1.807) is 11.1 Å². The number of piperazine rings is 1. The number of carbonyl (C=O) groups is 1. The Balaban J connectivity index is 1.58. The Hall–Kier alpha value is -3.14. The Morgan fingerprint density at radius 1 is 1.03 bits per heavy atom. The average Bonchev–Trinajstić information content (AvgIpc) is 2.85. The average molecular weight is 447 g/mol. The van der Waals surface area contributed by atoms with Gasteiger partial charge in [0.05, 0.1) is 12.1 Å². The van der Waals surface area contributed by atoms with E-state index in [0.717, 1.165) is 19.5 Å². The fraction of sp³-hybridized carbons (Fsp3) is 0.407. The number of nitriles is 1. The van der Waals surface area contributed by atoms with E-state index in [2.05, 4.69) is 64.8 Å². The molecule has 6 nitrogen and oxygen atoms in total. The van der Waals surface area contributed by atoms with E-state index in [1.165, 1.54) is 11.1 Å². The maximum absolute atomic E-state index is 12.9. The van der Waals surface area contributed by atoms with E-state index >= 15 is 0 Å². The van der Waals surface area contributed by atoms with Gasteiger partial charge in [0, 0.05) is 45.5 Å². The van der Waals surface area contributed by atoms with Crippen molar-refractivity contribution in [1.82, 2.24) is 15.1 Å². The Bertz CT molecular complexity index is 890. The van der Waals surface area contributed by atoms with Crippen LogP contribution < -0.4 is 5.32 Å². The van der Waals surface area contributed by atoms with Gasteiger partial charge in [-0.1, -0.05) is 60.7 Å². The number of nitrogens with zero attached hydrogens (tertiary/aromatic N) is 3. The second-order valence-electron chi connectivity index (χ2n) is 8.45. The van der Waals surface area contributed by atoms with Gasteiger partial charge in [0.25, 0.3) is 5.91 Å². The molecular weight excluding hydrogens is 412 g/mol. The van der Waals surface area contributed by atoms with Crippen LogP contribution in [0.5, 0.6) is 0 Å². The predicted octanol–water partition coefficient (Wildman–Crippen LogP) is 3.73. The lowest BCUT2D eigenvalue weighted by molar-refractivity contribution is -0.128. The van der Waals surface area contributed by atoms with Crippen LogP contribution in [0.15, 0.2) is 72.4 Å². The topological polar surface area (TPSA) is 68.6 Å². The van der Waals surface area contributed by atoms with Crippen LogP contribution >= 0.6 is 0 Å². The maximum Gasteiger partial charge on any atom is 0.266 e. The molecule has 0 aliphatic carbocycles. The van der Waals surface area contributed by atoms with Crippen LogP contribution in [0.25, 0.3) is 0 Å². The number of ether oxygens (including phenoxy) is 1. The summed E-state index contributed by atoms with van der Waals surface area (Å²) in [5, 5.41) is 12.6. The molecule has 1 aliphatic rings. The third kappa shape index (κ3) is 7.18. The molecule has 33 heavy (non-hydrogen) atoms. The Morgan fingerprint density at radius 3 is 2.12 bits per heavy atom. The lowest BCUT2D eigenvalue weighted by Gasteiger charge is -2.39. The Labute approximate surface area is 197 Å². The molecule has 2 aromatic carbocycles. The zero-order chi connectivity index (χ0) is 23.5. The molecule has 0 saturated carbocycles. The van der Waals surface area contributed by atoms with Crippen LogP contribution in [0.3, 0.4) is 0 Å². The minimum absolute atomic E-state index is 0.144. The van der Waals surface area contributed by atoms with Crippen molar-refractivity contribution in [3.63, 3.8) is 0 Å². The second-order valence-corrected chi connectivity index (χ2v) is 8.45. The minimum Gasteiger partial charge on any atom is -0.390 e. The largest absolute Gasteiger partial charge is 0.390 e. The summed E-state index contributed by atoms with van der Waals surface area (Å²) in [6.45, 7) is 8.00. The summed E-state index contributed by atoms with van der Waals surface area (Å²) in [4.78, 5) is 17.1. The van der Waals surface area contributed by atoms with Crippen molar-refractivity contribution in [2.75, 3.05) is 39.3 Å². The molecule has 0 spiro atoms. The maximum atomic E-state index is 12.9. The highest BCUT2D eigenvalue weighted by Crippen LogP contribution is 2.29. The van der Waals surface area contributed by atoms with Crippen LogP contribution in [-0.2, 0) is 9.53 Å². The lowest BCUT2D eigenvalue weighted by Crippen LogP contribution is -2.50. The molecule has 1 N–H and O–H groups in total. The SMILES string of the molecule is CC(C)OCCCN/C=C(/C#N)C(=O)N1CCN(C(c2ccccc2)c2ccccc2)CC1. The van der Waals surface area contributed by atoms with Crippen molar-refractivity contribution < 1.29 is 9.53 Å². The molecular formula is C27H34N4O2. The highest BCUT2D eigenvalue weighted by Gasteiger charge is 2.29. The molecule has 1 saturated heterocycles. The fourth-order valence-corrected chi connectivity index (χ4v) is 4.05. The van der Waals surface area contributed by atoms with Crippen molar-refractivity contribution in [2.45, 2.75) is 32.4 Å². The van der Waals surface area contributed by atoms with Gasteiger partial charge < -0.3 is 15.0 Å². The molecule has 1 amide bonds. The molecule has 6 heteroatoms. The minimum atomic E-state index is -0.209. The first-order valence-corrected chi connectivity index (χ1v) is 11.7. The zero-order valence-electron chi connectivity index (χ0n) is 19.6. The highest BCUT2D eigenvalue weighted by molar-refractivity contribution is 5.97. The summed E-state index contributed by atoms with van der Waals surface area (Å²) in [5.41, 5.74) is 2.63. The van der Waals surface area contributed by atoms with E-state index in [-0.39, 0.29) is 23.6 Å². The van der Waals surface area contributed by atoms with Gasteiger partial charge in [-0.15, -0.1) is 0 Å². The quantitative estimate of drug-likeness (QED) is 0.342. The molecule has 2 aromatic rings. The fourth-order valence-electron chi connectivity index (χ4n) is 4.05. The standard InChI is InChI=1S/C27H34N4O2/c1-22(2)33-19-9-14-29-21-25(20-28)27(32)31-17-15-30(16-18-31)26(23-10-5-3-6-11-23)24-12-7-4-8-13-24/h3-8,10-13,21-22,26,29H,9,14-19H2,1-2H3/b25-21-. The normalized spacial score (nSPS) is 15.0. The molecule has 0 unspecified atom stereocenters. The van der Waals surface area contributed by atoms with E-state index in [0.29, 0.717) is 26.2 Å². The Kier molecular flexibility index (Phi) is 9.49. The van der Waals surface area contributed by atoms with E-state index in [9.17, 15) is 10.1 Å². The zero-order valence-corrected chi connectivity index (χ0v) is 19.6. The lowest BCUT2D eigenvalue weighted by atomic mass is 9.96. The van der Waals surface area contributed by atoms with Gasteiger partial charge in [0.1, 0.15) is 11.6 Å². The van der Waals surface area contributed by atoms with Crippen molar-refractivity contribution in [3.8, 4) is 6.07 Å². The smallest absolute Gasteiger partial charge is 0.266 e. The van der Waals surface area contributed by atoms with Crippen molar-refractivity contribution in [1.29, 1.82) is 5.26 Å². The summed E-state index contributed by atoms with van der Waals surface area (Å²) in [5.74, 6) is -0.209. The summed E-state index contributed by atoms with van der Waals surface area (Å²) >= 11 is 0. The van der Waals surface area contributed by atoms with Gasteiger partial charge in [0.2, 0.25) is 0 Å². The molecule has 0 radical (unpaired) electrons. The van der Waals surface area contributed by atoms with E-state index < -0.39 is 0 Å². The van der Waals surface area contributed by atoms with Crippen molar-refractivity contribution in [3.05, 3.63) is 83.6 Å². The Morgan fingerprint density at radius 2 is 1.61 bits per heavy atom. The van der Waals surface area contributed by atoms with Crippen molar-refractivity contribution in [2.24, 2.45) is 0 Å². The third-order valence-electron chi connectivity index (χ3n) is 5.71. The van der Waals surface area contributed by atoms with Gasteiger partial charge in [0.15, 0.2) is 0 Å². The summed E-state index contributed by atoms with van der Waals surface area (Å²) in [6.07, 6.45) is 2.57. The number of benzene rings is 2. The first-order valence-electron chi connectivity index (χ1n) is 11.7. The third-order valence-corrected chi connectivity index (χ3v) is 5.71. The summed E-state index contributed by atoms with van der Waals surface area (Å²) in [6, 6.07) is 23.2. The number of hydrogen-bond acceptors (Lipinski definition) is 5.